The predicted molar refractivity (Wildman–Crippen MR) is 64.9 cm³/mol. The first-order valence-electron chi connectivity index (χ1n) is 5.18. The summed E-state index contributed by atoms with van der Waals surface area (Å²) in [5.74, 6) is 0.872. The zero-order valence-corrected chi connectivity index (χ0v) is 10.5. The average molecular weight is 259 g/mol. The summed E-state index contributed by atoms with van der Waals surface area (Å²) in [6.45, 7) is 2.88. The first kappa shape index (κ1) is 13.7. The van der Waals surface area contributed by atoms with E-state index in [2.05, 4.69) is 20.6 Å². The van der Waals surface area contributed by atoms with Crippen molar-refractivity contribution in [3.63, 3.8) is 0 Å². The zero-order chi connectivity index (χ0) is 12.7. The number of rotatable bonds is 6. The molecule has 7 heteroatoms. The van der Waals surface area contributed by atoms with Crippen LogP contribution in [0.2, 0.25) is 5.15 Å². The van der Waals surface area contributed by atoms with Crippen molar-refractivity contribution < 1.29 is 9.53 Å². The number of nitrogens with zero attached hydrogens (tertiary/aromatic N) is 2. The van der Waals surface area contributed by atoms with Crippen molar-refractivity contribution in [3.8, 4) is 0 Å². The highest BCUT2D eigenvalue weighted by atomic mass is 35.5. The lowest BCUT2D eigenvalue weighted by atomic mass is 10.5. The Morgan fingerprint density at radius 1 is 1.53 bits per heavy atom. The molecule has 0 aliphatic heterocycles. The molecule has 94 valence electrons. The van der Waals surface area contributed by atoms with Gasteiger partial charge in [0, 0.05) is 19.7 Å². The summed E-state index contributed by atoms with van der Waals surface area (Å²) in [6.07, 6.45) is 0. The molecule has 0 spiro atoms. The van der Waals surface area contributed by atoms with Crippen molar-refractivity contribution in [3.05, 3.63) is 17.0 Å². The Morgan fingerprint density at radius 2 is 2.29 bits per heavy atom. The van der Waals surface area contributed by atoms with Gasteiger partial charge in [0.1, 0.15) is 17.6 Å². The van der Waals surface area contributed by atoms with E-state index in [-0.39, 0.29) is 19.1 Å². The minimum absolute atomic E-state index is 0.101. The Bertz CT molecular complexity index is 387. The molecule has 0 atom stereocenters. The topological polar surface area (TPSA) is 76.1 Å². The van der Waals surface area contributed by atoms with Crippen LogP contribution in [0, 0.1) is 0 Å². The monoisotopic (exact) mass is 258 g/mol. The molecule has 6 nitrogen and oxygen atoms in total. The molecule has 1 heterocycles. The normalized spacial score (nSPS) is 10.1. The number of anilines is 1. The third-order valence-corrected chi connectivity index (χ3v) is 2.01. The molecule has 1 rings (SSSR count). The smallest absolute Gasteiger partial charge is 0.239 e. The van der Waals surface area contributed by atoms with Crippen molar-refractivity contribution >= 4 is 23.3 Å². The van der Waals surface area contributed by atoms with Gasteiger partial charge in [-0.25, -0.2) is 9.97 Å². The van der Waals surface area contributed by atoms with Crippen molar-refractivity contribution in [2.75, 3.05) is 25.5 Å². The maximum atomic E-state index is 11.2. The number of carbonyl (C=O) groups is 1. The molecule has 1 aromatic heterocycles. The van der Waals surface area contributed by atoms with E-state index in [1.54, 1.807) is 13.2 Å². The Morgan fingerprint density at radius 3 is 2.94 bits per heavy atom. The Hall–Kier alpha value is -1.40. The maximum absolute atomic E-state index is 11.2. The summed E-state index contributed by atoms with van der Waals surface area (Å²) in [5, 5.41) is 5.84. The van der Waals surface area contributed by atoms with Gasteiger partial charge in [-0.1, -0.05) is 11.6 Å². The largest absolute Gasteiger partial charge is 0.377 e. The van der Waals surface area contributed by atoms with E-state index in [4.69, 9.17) is 16.3 Å². The predicted octanol–water partition coefficient (Wildman–Crippen LogP) is 0.824. The van der Waals surface area contributed by atoms with Crippen LogP contribution in [-0.4, -0.2) is 36.1 Å². The van der Waals surface area contributed by atoms with E-state index in [0.29, 0.717) is 23.3 Å². The average Bonchev–Trinajstić information content (AvgIpc) is 2.26. The van der Waals surface area contributed by atoms with Crippen LogP contribution >= 0.6 is 11.6 Å². The van der Waals surface area contributed by atoms with Gasteiger partial charge >= 0.3 is 0 Å². The van der Waals surface area contributed by atoms with Gasteiger partial charge < -0.3 is 15.4 Å². The Balaban J connectivity index is 2.61. The van der Waals surface area contributed by atoms with Crippen molar-refractivity contribution in [1.82, 2.24) is 15.3 Å². The Labute approximate surface area is 105 Å². The van der Waals surface area contributed by atoms with E-state index in [9.17, 15) is 4.79 Å². The van der Waals surface area contributed by atoms with Crippen molar-refractivity contribution in [1.29, 1.82) is 0 Å². The zero-order valence-electron chi connectivity index (χ0n) is 9.79. The molecule has 1 aromatic rings. The molecule has 0 fully saturated rings. The highest BCUT2D eigenvalue weighted by Gasteiger charge is 2.04. The molecule has 0 radical (unpaired) electrons. The number of carbonyl (C=O) groups excluding carboxylic acids is 1. The maximum Gasteiger partial charge on any atom is 0.239 e. The van der Waals surface area contributed by atoms with Gasteiger partial charge in [0.05, 0.1) is 6.54 Å². The van der Waals surface area contributed by atoms with E-state index in [1.807, 2.05) is 6.92 Å². The molecular formula is C10H15ClN4O2. The molecule has 0 saturated carbocycles. The summed E-state index contributed by atoms with van der Waals surface area (Å²) < 4.78 is 4.91. The van der Waals surface area contributed by atoms with E-state index in [0.717, 1.165) is 0 Å². The number of nitrogens with one attached hydrogen (secondary N) is 2. The standard InChI is InChI=1S/C10H15ClN4O2/c1-3-12-10(16)5-13-8-4-7(11)14-9(15-8)6-17-2/h4H,3,5-6H2,1-2H3,(H,12,16)(H,13,14,15). The third-order valence-electron chi connectivity index (χ3n) is 1.82. The second kappa shape index (κ2) is 7.03. The lowest BCUT2D eigenvalue weighted by molar-refractivity contribution is -0.119. The van der Waals surface area contributed by atoms with Crippen molar-refractivity contribution in [2.24, 2.45) is 0 Å². The van der Waals surface area contributed by atoms with E-state index < -0.39 is 0 Å². The molecule has 0 bridgehead atoms. The summed E-state index contributed by atoms with van der Waals surface area (Å²) in [5.41, 5.74) is 0. The molecule has 1 amide bonds. The highest BCUT2D eigenvalue weighted by Crippen LogP contribution is 2.11. The fraction of sp³-hybridized carbons (Fsp3) is 0.500. The van der Waals surface area contributed by atoms with E-state index >= 15 is 0 Å². The molecule has 0 aliphatic rings. The highest BCUT2D eigenvalue weighted by molar-refractivity contribution is 6.29. The molecular weight excluding hydrogens is 244 g/mol. The van der Waals surface area contributed by atoms with Crippen molar-refractivity contribution in [2.45, 2.75) is 13.5 Å². The van der Waals surface area contributed by atoms with Crippen LogP contribution in [0.1, 0.15) is 12.7 Å². The molecule has 0 saturated heterocycles. The Kier molecular flexibility index (Phi) is 5.65. The van der Waals surface area contributed by atoms with Crippen LogP contribution < -0.4 is 10.6 Å². The molecule has 0 aromatic carbocycles. The summed E-state index contributed by atoms with van der Waals surface area (Å²) >= 11 is 5.81. The lowest BCUT2D eigenvalue weighted by Gasteiger charge is -2.07. The van der Waals surface area contributed by atoms with Gasteiger partial charge in [0.15, 0.2) is 5.82 Å². The van der Waals surface area contributed by atoms with Gasteiger partial charge in [-0.05, 0) is 6.92 Å². The number of hydrogen-bond acceptors (Lipinski definition) is 5. The van der Waals surface area contributed by atoms with Gasteiger partial charge in [0.25, 0.3) is 0 Å². The molecule has 17 heavy (non-hydrogen) atoms. The summed E-state index contributed by atoms with van der Waals surface area (Å²) in [4.78, 5) is 19.4. The number of hydrogen-bond donors (Lipinski definition) is 2. The third kappa shape index (κ3) is 4.97. The molecule has 0 unspecified atom stereocenters. The summed E-state index contributed by atoms with van der Waals surface area (Å²) in [7, 11) is 1.55. The van der Waals surface area contributed by atoms with E-state index in [1.165, 1.54) is 0 Å². The minimum atomic E-state index is -0.101. The molecule has 2 N–H and O–H groups in total. The van der Waals surface area contributed by atoms with Crippen LogP contribution in [0.4, 0.5) is 5.82 Å². The number of amides is 1. The second-order valence-electron chi connectivity index (χ2n) is 3.23. The first-order chi connectivity index (χ1) is 8.15. The number of methoxy groups -OCH3 is 1. The van der Waals surface area contributed by atoms with Gasteiger partial charge in [-0.3, -0.25) is 4.79 Å². The number of aromatic nitrogens is 2. The van der Waals surface area contributed by atoms with Gasteiger partial charge in [-0.15, -0.1) is 0 Å². The summed E-state index contributed by atoms with van der Waals surface area (Å²) in [6, 6.07) is 1.56. The van der Waals surface area contributed by atoms with Crippen LogP contribution in [-0.2, 0) is 16.1 Å². The fourth-order valence-corrected chi connectivity index (χ4v) is 1.38. The number of likely N-dealkylation sites (N-methyl/N-ethyl adjacent to an activating group) is 1. The van der Waals surface area contributed by atoms with Gasteiger partial charge in [-0.2, -0.15) is 0 Å². The SMILES string of the molecule is CCNC(=O)CNc1cc(Cl)nc(COC)n1. The first-order valence-corrected chi connectivity index (χ1v) is 5.56. The lowest BCUT2D eigenvalue weighted by Crippen LogP contribution is -2.29. The second-order valence-corrected chi connectivity index (χ2v) is 3.62. The van der Waals surface area contributed by atoms with Crippen LogP contribution in [0.15, 0.2) is 6.07 Å². The fourth-order valence-electron chi connectivity index (χ4n) is 1.18. The van der Waals surface area contributed by atoms with Crippen LogP contribution in [0.3, 0.4) is 0 Å². The van der Waals surface area contributed by atoms with Crippen LogP contribution in [0.25, 0.3) is 0 Å². The number of ether oxygens (including phenoxy) is 1. The van der Waals surface area contributed by atoms with Crippen LogP contribution in [0.5, 0.6) is 0 Å². The van der Waals surface area contributed by atoms with Gasteiger partial charge in [0.2, 0.25) is 5.91 Å². The number of halogens is 1. The quantitative estimate of drug-likeness (QED) is 0.739. The molecule has 0 aliphatic carbocycles. The minimum Gasteiger partial charge on any atom is -0.377 e.